The molecule has 0 bridgehead atoms. The largest absolute Gasteiger partial charge is 0.462 e. The predicted octanol–water partition coefficient (Wildman–Crippen LogP) is 4.97. The van der Waals surface area contributed by atoms with Crippen molar-refractivity contribution in [3.8, 4) is 11.4 Å². The number of hydrogen-bond acceptors (Lipinski definition) is 5. The van der Waals surface area contributed by atoms with Crippen LogP contribution in [0.15, 0.2) is 53.3 Å². The van der Waals surface area contributed by atoms with Gasteiger partial charge in [0.1, 0.15) is 17.8 Å². The van der Waals surface area contributed by atoms with E-state index in [1.807, 2.05) is 24.3 Å². The van der Waals surface area contributed by atoms with Crippen LogP contribution in [0.25, 0.3) is 11.4 Å². The molecule has 1 fully saturated rings. The van der Waals surface area contributed by atoms with Crippen LogP contribution in [0.2, 0.25) is 0 Å². The summed E-state index contributed by atoms with van der Waals surface area (Å²) in [5, 5.41) is 11.9. The summed E-state index contributed by atoms with van der Waals surface area (Å²) in [6.45, 7) is 8.44. The number of hydrogen-bond donors (Lipinski definition) is 2. The van der Waals surface area contributed by atoms with Gasteiger partial charge in [-0.05, 0) is 85.9 Å². The number of benzene rings is 2. The van der Waals surface area contributed by atoms with Gasteiger partial charge in [-0.1, -0.05) is 39.3 Å². The van der Waals surface area contributed by atoms with Gasteiger partial charge in [-0.15, -0.1) is 17.5 Å². The Morgan fingerprint density at radius 2 is 1.74 bits per heavy atom. The molecule has 3 N–H and O–H groups in total. The fourth-order valence-electron chi connectivity index (χ4n) is 5.25. The molecular formula is C29H38ClN5O3. The standard InChI is InChI=1S/C29H37N5O3.ClH/c1-18(2)25-15-5-19(3)17-26(25)37-27(35)16-8-21-6-11-23(12-7-21)33-20(4)32-34(29(33)36)24-13-9-22(10-14-24)28(30)31;/h6-7,9-14,18-19,25-26H,5,8,15-17H2,1-4H3,(H3,30,31);1H. The minimum Gasteiger partial charge on any atom is -0.462 e. The van der Waals surface area contributed by atoms with Crippen molar-refractivity contribution in [1.29, 1.82) is 5.41 Å². The van der Waals surface area contributed by atoms with Crippen molar-refractivity contribution in [1.82, 2.24) is 14.3 Å². The van der Waals surface area contributed by atoms with Crippen molar-refractivity contribution in [2.45, 2.75) is 65.9 Å². The molecule has 3 atom stereocenters. The zero-order valence-corrected chi connectivity index (χ0v) is 23.3. The van der Waals surface area contributed by atoms with Crippen LogP contribution < -0.4 is 11.4 Å². The highest BCUT2D eigenvalue weighted by Gasteiger charge is 2.33. The Balaban J connectivity index is 0.00000400. The molecule has 0 radical (unpaired) electrons. The van der Waals surface area contributed by atoms with Crippen LogP contribution >= 0.6 is 12.4 Å². The van der Waals surface area contributed by atoms with E-state index in [2.05, 4.69) is 25.9 Å². The molecule has 38 heavy (non-hydrogen) atoms. The Labute approximate surface area is 230 Å². The van der Waals surface area contributed by atoms with E-state index >= 15 is 0 Å². The molecule has 1 aromatic heterocycles. The highest BCUT2D eigenvalue weighted by molar-refractivity contribution is 5.95. The zero-order chi connectivity index (χ0) is 26.7. The molecule has 3 aromatic rings. The molecule has 4 rings (SSSR count). The number of amidine groups is 1. The SMILES string of the molecule is Cc1nn(-c2ccc(C(=N)N)cc2)c(=O)n1-c1ccc(CCC(=O)OC2CC(C)CCC2C(C)C)cc1.Cl. The first kappa shape index (κ1) is 29.2. The third-order valence-corrected chi connectivity index (χ3v) is 7.42. The molecule has 0 aliphatic heterocycles. The first-order valence-electron chi connectivity index (χ1n) is 13.1. The number of rotatable bonds is 8. The molecule has 0 spiro atoms. The molecular weight excluding hydrogens is 502 g/mol. The molecule has 8 nitrogen and oxygen atoms in total. The molecule has 3 unspecified atom stereocenters. The Morgan fingerprint density at radius 1 is 1.11 bits per heavy atom. The van der Waals surface area contributed by atoms with Gasteiger partial charge in [0.15, 0.2) is 0 Å². The van der Waals surface area contributed by atoms with E-state index in [1.54, 1.807) is 35.8 Å². The van der Waals surface area contributed by atoms with Gasteiger partial charge in [0.05, 0.1) is 11.4 Å². The maximum atomic E-state index is 13.1. The number of nitrogens with zero attached hydrogens (tertiary/aromatic N) is 3. The summed E-state index contributed by atoms with van der Waals surface area (Å²) < 4.78 is 8.81. The molecule has 0 saturated heterocycles. The van der Waals surface area contributed by atoms with Gasteiger partial charge >= 0.3 is 11.7 Å². The van der Waals surface area contributed by atoms with Crippen molar-refractivity contribution in [3.05, 3.63) is 76.0 Å². The normalized spacial score (nSPS) is 19.1. The molecule has 0 amide bonds. The molecule has 9 heteroatoms. The van der Waals surface area contributed by atoms with Crippen LogP contribution in [0.1, 0.15) is 63.4 Å². The second-order valence-electron chi connectivity index (χ2n) is 10.6. The number of carbonyl (C=O) groups is 1. The van der Waals surface area contributed by atoms with E-state index in [-0.39, 0.29) is 36.0 Å². The molecule has 1 saturated carbocycles. The highest BCUT2D eigenvalue weighted by Crippen LogP contribution is 2.35. The van der Waals surface area contributed by atoms with Crippen LogP contribution in [-0.2, 0) is 16.0 Å². The summed E-state index contributed by atoms with van der Waals surface area (Å²) in [5.74, 6) is 1.92. The first-order valence-corrected chi connectivity index (χ1v) is 13.1. The lowest BCUT2D eigenvalue weighted by Gasteiger charge is -2.36. The predicted molar refractivity (Wildman–Crippen MR) is 152 cm³/mol. The van der Waals surface area contributed by atoms with Crippen LogP contribution in [-0.4, -0.2) is 32.3 Å². The van der Waals surface area contributed by atoms with Gasteiger partial charge < -0.3 is 10.5 Å². The van der Waals surface area contributed by atoms with Gasteiger partial charge in [0.2, 0.25) is 0 Å². The third-order valence-electron chi connectivity index (χ3n) is 7.42. The summed E-state index contributed by atoms with van der Waals surface area (Å²) in [5.41, 5.74) is 8.13. The fourth-order valence-corrected chi connectivity index (χ4v) is 5.25. The second-order valence-corrected chi connectivity index (χ2v) is 10.6. The highest BCUT2D eigenvalue weighted by atomic mass is 35.5. The van der Waals surface area contributed by atoms with Crippen LogP contribution in [0.3, 0.4) is 0 Å². The Hall–Kier alpha value is -3.39. The number of aromatic nitrogens is 3. The van der Waals surface area contributed by atoms with Gasteiger partial charge in [-0.25, -0.2) is 9.36 Å². The van der Waals surface area contributed by atoms with E-state index in [1.165, 1.54) is 11.1 Å². The van der Waals surface area contributed by atoms with E-state index < -0.39 is 0 Å². The van der Waals surface area contributed by atoms with Gasteiger partial charge in [-0.3, -0.25) is 10.2 Å². The molecule has 1 aliphatic rings. The lowest BCUT2D eigenvalue weighted by Crippen LogP contribution is -2.35. The number of nitrogen functional groups attached to an aromatic ring is 1. The average molecular weight is 540 g/mol. The quantitative estimate of drug-likeness (QED) is 0.238. The fraction of sp³-hybridized carbons (Fsp3) is 0.448. The number of nitrogens with two attached hydrogens (primary N) is 1. The Morgan fingerprint density at radius 3 is 2.34 bits per heavy atom. The van der Waals surface area contributed by atoms with Gasteiger partial charge in [0, 0.05) is 12.0 Å². The molecule has 1 aliphatic carbocycles. The number of ether oxygens (including phenoxy) is 1. The van der Waals surface area contributed by atoms with Crippen LogP contribution in [0.5, 0.6) is 0 Å². The molecule has 2 aromatic carbocycles. The minimum atomic E-state index is -0.286. The second kappa shape index (κ2) is 12.4. The van der Waals surface area contributed by atoms with Crippen molar-refractivity contribution in [2.24, 2.45) is 23.5 Å². The summed E-state index contributed by atoms with van der Waals surface area (Å²) in [4.78, 5) is 25.8. The number of halogens is 1. The summed E-state index contributed by atoms with van der Waals surface area (Å²) in [6, 6.07) is 14.4. The first-order chi connectivity index (χ1) is 17.6. The van der Waals surface area contributed by atoms with Crippen molar-refractivity contribution < 1.29 is 9.53 Å². The molecule has 1 heterocycles. The van der Waals surface area contributed by atoms with Crippen LogP contribution in [0, 0.1) is 30.1 Å². The Kier molecular flexibility index (Phi) is 9.55. The van der Waals surface area contributed by atoms with Crippen molar-refractivity contribution >= 4 is 24.2 Å². The summed E-state index contributed by atoms with van der Waals surface area (Å²) >= 11 is 0. The monoisotopic (exact) mass is 539 g/mol. The van der Waals surface area contributed by atoms with Gasteiger partial charge in [-0.2, -0.15) is 4.68 Å². The van der Waals surface area contributed by atoms with E-state index in [9.17, 15) is 9.59 Å². The van der Waals surface area contributed by atoms with E-state index in [4.69, 9.17) is 15.9 Å². The Bertz CT molecular complexity index is 1310. The lowest BCUT2D eigenvalue weighted by atomic mass is 9.75. The minimum absolute atomic E-state index is 0. The number of nitrogens with one attached hydrogen (secondary N) is 1. The lowest BCUT2D eigenvalue weighted by molar-refractivity contribution is -0.155. The maximum absolute atomic E-state index is 13.1. The number of esters is 1. The van der Waals surface area contributed by atoms with Crippen LogP contribution in [0.4, 0.5) is 0 Å². The summed E-state index contributed by atoms with van der Waals surface area (Å²) in [7, 11) is 0. The topological polar surface area (TPSA) is 116 Å². The maximum Gasteiger partial charge on any atom is 0.355 e. The smallest absolute Gasteiger partial charge is 0.355 e. The number of aryl methyl sites for hydroxylation is 2. The zero-order valence-electron chi connectivity index (χ0n) is 22.5. The molecule has 204 valence electrons. The number of carbonyl (C=O) groups excluding carboxylic acids is 1. The van der Waals surface area contributed by atoms with Crippen molar-refractivity contribution in [3.63, 3.8) is 0 Å². The van der Waals surface area contributed by atoms with E-state index in [0.717, 1.165) is 18.4 Å². The van der Waals surface area contributed by atoms with Gasteiger partial charge in [0.25, 0.3) is 0 Å². The average Bonchev–Trinajstić information content (AvgIpc) is 3.16. The third kappa shape index (κ3) is 6.54. The van der Waals surface area contributed by atoms with Crippen molar-refractivity contribution in [2.75, 3.05) is 0 Å². The summed E-state index contributed by atoms with van der Waals surface area (Å²) in [6.07, 6.45) is 4.22. The van der Waals surface area contributed by atoms with E-state index in [0.29, 0.717) is 53.4 Å².